The molecule has 1 aromatic carbocycles. The fourth-order valence-electron chi connectivity index (χ4n) is 2.69. The molecule has 0 aliphatic carbocycles. The average Bonchev–Trinajstić information content (AvgIpc) is 2.91. The van der Waals surface area contributed by atoms with E-state index in [-0.39, 0.29) is 5.56 Å². The third-order valence-corrected chi connectivity index (χ3v) is 4.99. The lowest BCUT2D eigenvalue weighted by Gasteiger charge is -2.17. The molecule has 0 saturated carbocycles. The maximum Gasteiger partial charge on any atom is 0.351 e. The summed E-state index contributed by atoms with van der Waals surface area (Å²) in [7, 11) is 0. The second kappa shape index (κ2) is 7.77. The van der Waals surface area contributed by atoms with Crippen molar-refractivity contribution in [2.75, 3.05) is 11.6 Å². The number of hydrogen-bond donors (Lipinski definition) is 3. The molecule has 0 bridgehead atoms. The summed E-state index contributed by atoms with van der Waals surface area (Å²) in [5, 5.41) is 21.9. The van der Waals surface area contributed by atoms with E-state index in [0.29, 0.717) is 0 Å². The number of halogens is 1. The summed E-state index contributed by atoms with van der Waals surface area (Å²) in [5.41, 5.74) is -0.653. The van der Waals surface area contributed by atoms with E-state index < -0.39 is 47.8 Å². The van der Waals surface area contributed by atoms with E-state index in [9.17, 15) is 24.2 Å². The van der Waals surface area contributed by atoms with Crippen LogP contribution in [0.1, 0.15) is 23.5 Å². The zero-order valence-corrected chi connectivity index (χ0v) is 15.3. The number of amides is 1. The first-order valence-electron chi connectivity index (χ1n) is 8.07. The molecule has 2 unspecified atom stereocenters. The molecule has 2 aromatic rings. The number of rotatable bonds is 4. The monoisotopic (exact) mass is 395 g/mol. The molecule has 2 heterocycles. The molecule has 3 rings (SSSR count). The van der Waals surface area contributed by atoms with Gasteiger partial charge in [-0.25, -0.2) is 9.18 Å². The van der Waals surface area contributed by atoms with Crippen molar-refractivity contribution in [1.29, 1.82) is 0 Å². The molecule has 1 aromatic heterocycles. The minimum Gasteiger partial charge on any atom is -0.388 e. The summed E-state index contributed by atoms with van der Waals surface area (Å²) in [6, 6.07) is 6.64. The van der Waals surface area contributed by atoms with Crippen molar-refractivity contribution in [2.24, 2.45) is 0 Å². The number of nitrogens with zero attached hydrogens (tertiary/aromatic N) is 2. The van der Waals surface area contributed by atoms with Crippen LogP contribution >= 0.6 is 11.8 Å². The number of carbonyl (C=O) groups is 1. The summed E-state index contributed by atoms with van der Waals surface area (Å²) in [5.74, 6) is -2.13. The highest BCUT2D eigenvalue weighted by molar-refractivity contribution is 7.98. The summed E-state index contributed by atoms with van der Waals surface area (Å²) in [4.78, 5) is 28.9. The van der Waals surface area contributed by atoms with Gasteiger partial charge in [-0.3, -0.25) is 9.36 Å². The lowest BCUT2D eigenvalue weighted by molar-refractivity contribution is -0.0355. The topological polar surface area (TPSA) is 114 Å². The van der Waals surface area contributed by atoms with Crippen LogP contribution < -0.4 is 11.0 Å². The molecular weight excluding hydrogens is 377 g/mol. The van der Waals surface area contributed by atoms with Gasteiger partial charge in [0.05, 0.1) is 12.3 Å². The number of anilines is 1. The van der Waals surface area contributed by atoms with E-state index >= 15 is 0 Å². The number of nitrogens with one attached hydrogen (secondary N) is 1. The second-order valence-electron chi connectivity index (χ2n) is 6.02. The molecule has 1 fully saturated rings. The number of thioether (sulfide) groups is 1. The predicted molar refractivity (Wildman–Crippen MR) is 96.2 cm³/mol. The number of aliphatic hydroxyl groups is 2. The first kappa shape index (κ1) is 19.5. The van der Waals surface area contributed by atoms with E-state index in [1.807, 2.05) is 6.26 Å². The van der Waals surface area contributed by atoms with Gasteiger partial charge in [0.15, 0.2) is 17.9 Å². The Labute approximate surface area is 158 Å². The molecule has 0 radical (unpaired) electrons. The largest absolute Gasteiger partial charge is 0.388 e. The van der Waals surface area contributed by atoms with Crippen LogP contribution in [-0.2, 0) is 4.74 Å². The zero-order chi connectivity index (χ0) is 19.7. The average molecular weight is 395 g/mol. The molecule has 3 N–H and O–H groups in total. The molecular formula is C17H18FN3O5S. The van der Waals surface area contributed by atoms with Crippen molar-refractivity contribution >= 4 is 23.5 Å². The number of ether oxygens (including phenoxy) is 1. The fraction of sp³-hybridized carbons (Fsp3) is 0.353. The Hall–Kier alpha value is -2.27. The van der Waals surface area contributed by atoms with Crippen molar-refractivity contribution in [3.05, 3.63) is 52.3 Å². The molecule has 0 spiro atoms. The van der Waals surface area contributed by atoms with Crippen molar-refractivity contribution in [3.63, 3.8) is 0 Å². The van der Waals surface area contributed by atoms with Crippen molar-refractivity contribution in [3.8, 4) is 0 Å². The van der Waals surface area contributed by atoms with E-state index in [2.05, 4.69) is 10.3 Å². The van der Waals surface area contributed by atoms with E-state index in [1.165, 1.54) is 18.7 Å². The summed E-state index contributed by atoms with van der Waals surface area (Å²) in [6.45, 7) is 1.51. The van der Waals surface area contributed by atoms with Gasteiger partial charge in [0.1, 0.15) is 12.2 Å². The van der Waals surface area contributed by atoms with Gasteiger partial charge in [0.25, 0.3) is 5.91 Å². The smallest absolute Gasteiger partial charge is 0.351 e. The molecule has 10 heteroatoms. The molecule has 8 nitrogen and oxygen atoms in total. The summed E-state index contributed by atoms with van der Waals surface area (Å²) in [6.07, 6.45) is -1.95. The first-order chi connectivity index (χ1) is 12.8. The van der Waals surface area contributed by atoms with Gasteiger partial charge < -0.3 is 20.3 Å². The highest BCUT2D eigenvalue weighted by Gasteiger charge is 2.42. The third-order valence-electron chi connectivity index (χ3n) is 4.24. The van der Waals surface area contributed by atoms with Gasteiger partial charge in [0, 0.05) is 10.5 Å². The third kappa shape index (κ3) is 3.88. The van der Waals surface area contributed by atoms with E-state index in [4.69, 9.17) is 4.74 Å². The van der Waals surface area contributed by atoms with Crippen LogP contribution in [0.4, 0.5) is 10.2 Å². The highest BCUT2D eigenvalue weighted by atomic mass is 32.2. The van der Waals surface area contributed by atoms with Gasteiger partial charge in [0.2, 0.25) is 0 Å². The SMILES string of the molecule is CSc1ccc(C(=O)Nc2nc(=O)n([C@@H]3O[C@H](C)C(O)C3O)cc2F)cc1. The van der Waals surface area contributed by atoms with Crippen LogP contribution in [0.2, 0.25) is 0 Å². The summed E-state index contributed by atoms with van der Waals surface area (Å²) >= 11 is 1.51. The Balaban J connectivity index is 1.82. The van der Waals surface area contributed by atoms with Gasteiger partial charge in [-0.15, -0.1) is 11.8 Å². The molecule has 27 heavy (non-hydrogen) atoms. The van der Waals surface area contributed by atoms with Crippen molar-refractivity contribution in [2.45, 2.75) is 36.4 Å². The van der Waals surface area contributed by atoms with Crippen LogP contribution in [0, 0.1) is 5.82 Å². The summed E-state index contributed by atoms with van der Waals surface area (Å²) < 4.78 is 20.4. The lowest BCUT2D eigenvalue weighted by Crippen LogP contribution is -2.36. The van der Waals surface area contributed by atoms with Gasteiger partial charge in [-0.05, 0) is 37.4 Å². The van der Waals surface area contributed by atoms with Crippen LogP contribution in [-0.4, -0.2) is 50.2 Å². The quantitative estimate of drug-likeness (QED) is 0.662. The first-order valence-corrected chi connectivity index (χ1v) is 9.30. The van der Waals surface area contributed by atoms with Gasteiger partial charge in [-0.1, -0.05) is 0 Å². The second-order valence-corrected chi connectivity index (χ2v) is 6.90. The van der Waals surface area contributed by atoms with Crippen LogP contribution in [0.3, 0.4) is 0 Å². The van der Waals surface area contributed by atoms with E-state index in [0.717, 1.165) is 15.7 Å². The molecule has 1 amide bonds. The zero-order valence-electron chi connectivity index (χ0n) is 14.5. The fourth-order valence-corrected chi connectivity index (χ4v) is 3.10. The predicted octanol–water partition coefficient (Wildman–Crippen LogP) is 0.996. The van der Waals surface area contributed by atoms with Crippen molar-refractivity contribution in [1.82, 2.24) is 9.55 Å². The number of benzene rings is 1. The Kier molecular flexibility index (Phi) is 5.61. The molecule has 4 atom stereocenters. The number of aliphatic hydroxyl groups excluding tert-OH is 2. The van der Waals surface area contributed by atoms with Crippen LogP contribution in [0.15, 0.2) is 40.2 Å². The highest BCUT2D eigenvalue weighted by Crippen LogP contribution is 2.28. The van der Waals surface area contributed by atoms with Gasteiger partial charge in [-0.2, -0.15) is 4.98 Å². The molecule has 144 valence electrons. The van der Waals surface area contributed by atoms with Crippen LogP contribution in [0.25, 0.3) is 0 Å². The van der Waals surface area contributed by atoms with Gasteiger partial charge >= 0.3 is 5.69 Å². The maximum absolute atomic E-state index is 14.4. The minimum atomic E-state index is -1.41. The van der Waals surface area contributed by atoms with Crippen LogP contribution in [0.5, 0.6) is 0 Å². The Morgan fingerprint density at radius 2 is 1.96 bits per heavy atom. The Morgan fingerprint density at radius 3 is 2.52 bits per heavy atom. The maximum atomic E-state index is 14.4. The minimum absolute atomic E-state index is 0.282. The Morgan fingerprint density at radius 1 is 1.30 bits per heavy atom. The Bertz CT molecular complexity index is 904. The number of carbonyl (C=O) groups excluding carboxylic acids is 1. The normalized spacial score (nSPS) is 24.8. The van der Waals surface area contributed by atoms with Crippen molar-refractivity contribution < 1.29 is 24.1 Å². The lowest BCUT2D eigenvalue weighted by atomic mass is 10.1. The van der Waals surface area contributed by atoms with E-state index in [1.54, 1.807) is 24.3 Å². The number of hydrogen-bond acceptors (Lipinski definition) is 7. The number of aromatic nitrogens is 2. The standard InChI is InChI=1S/C17H18FN3O5S/c1-8-12(22)13(23)16(26-8)21-7-11(18)14(20-17(21)25)19-15(24)9-3-5-10(27-2)6-4-9/h3-8,12-13,16,22-23H,1-2H3,(H,19,20,24,25)/t8-,12?,13?,16-/m1/s1. The molecule has 1 aliphatic rings. The molecule has 1 saturated heterocycles. The molecule has 1 aliphatic heterocycles.